The van der Waals surface area contributed by atoms with Crippen LogP contribution in [0.5, 0.6) is 0 Å². The summed E-state index contributed by atoms with van der Waals surface area (Å²) in [6, 6.07) is 10.5. The zero-order valence-electron chi connectivity index (χ0n) is 21.5. The summed E-state index contributed by atoms with van der Waals surface area (Å²) < 4.78 is 21.1. The number of hydrogen-bond donors (Lipinski definition) is 2. The number of aryl methyl sites for hydroxylation is 1. The molecule has 0 radical (unpaired) electrons. The highest BCUT2D eigenvalue weighted by Gasteiger charge is 2.26. The topological polar surface area (TPSA) is 140 Å². The Morgan fingerprint density at radius 3 is 2.59 bits per heavy atom. The number of rotatable bonds is 12. The van der Waals surface area contributed by atoms with E-state index in [4.69, 9.17) is 18.6 Å². The van der Waals surface area contributed by atoms with Gasteiger partial charge in [-0.1, -0.05) is 42.5 Å². The van der Waals surface area contributed by atoms with Crippen LogP contribution in [0.25, 0.3) is 0 Å². The average Bonchev–Trinajstić information content (AvgIpc) is 3.29. The van der Waals surface area contributed by atoms with E-state index in [1.807, 2.05) is 37.3 Å². The normalized spacial score (nSPS) is 12.5. The van der Waals surface area contributed by atoms with Crippen molar-refractivity contribution in [3.05, 3.63) is 71.7 Å². The van der Waals surface area contributed by atoms with Gasteiger partial charge in [0.1, 0.15) is 36.7 Å². The van der Waals surface area contributed by atoms with Gasteiger partial charge in [0.05, 0.1) is 12.7 Å². The molecule has 10 nitrogen and oxygen atoms in total. The third-order valence-electron chi connectivity index (χ3n) is 4.73. The highest BCUT2D eigenvalue weighted by atomic mass is 16.6. The molecule has 0 unspecified atom stereocenters. The highest BCUT2D eigenvalue weighted by Crippen LogP contribution is 2.12. The molecule has 2 amide bonds. The van der Waals surface area contributed by atoms with Crippen LogP contribution in [0.2, 0.25) is 0 Å². The van der Waals surface area contributed by atoms with Gasteiger partial charge in [-0.15, -0.1) is 0 Å². The summed E-state index contributed by atoms with van der Waals surface area (Å²) in [5, 5.41) is 14.7. The predicted molar refractivity (Wildman–Crippen MR) is 134 cm³/mol. The lowest BCUT2D eigenvalue weighted by atomic mass is 10.0. The molecule has 2 atom stereocenters. The molecule has 0 fully saturated rings. The van der Waals surface area contributed by atoms with Crippen LogP contribution in [-0.4, -0.2) is 48.9 Å². The fourth-order valence-electron chi connectivity index (χ4n) is 3.17. The van der Waals surface area contributed by atoms with Gasteiger partial charge in [0, 0.05) is 6.42 Å². The summed E-state index contributed by atoms with van der Waals surface area (Å²) >= 11 is 0. The Morgan fingerprint density at radius 2 is 1.95 bits per heavy atom. The number of amides is 2. The third kappa shape index (κ3) is 10.6. The number of ether oxygens (including phenoxy) is 3. The predicted octanol–water partition coefficient (Wildman–Crippen LogP) is 3.59. The average molecular weight is 512 g/mol. The molecule has 0 spiro atoms. The number of nitrogens with one attached hydrogen (secondary N) is 2. The Bertz CT molecular complexity index is 1130. The van der Waals surface area contributed by atoms with Crippen LogP contribution >= 0.6 is 0 Å². The molecule has 0 bridgehead atoms. The molecule has 2 N–H and O–H groups in total. The van der Waals surface area contributed by atoms with Gasteiger partial charge in [-0.25, -0.2) is 9.59 Å². The molecule has 0 aliphatic rings. The molecule has 1 heterocycles. The van der Waals surface area contributed by atoms with Gasteiger partial charge in [0.15, 0.2) is 0 Å². The Morgan fingerprint density at radius 1 is 1.19 bits per heavy atom. The summed E-state index contributed by atoms with van der Waals surface area (Å²) in [5.41, 5.74) is 1.10. The van der Waals surface area contributed by atoms with Crippen molar-refractivity contribution >= 4 is 18.0 Å². The minimum Gasteiger partial charge on any atom is -0.456 e. The maximum Gasteiger partial charge on any atom is 0.408 e. The molecule has 0 aliphatic heterocycles. The van der Waals surface area contributed by atoms with Crippen LogP contribution in [-0.2, 0) is 32.0 Å². The number of nitrogens with zero attached hydrogens (tertiary/aromatic N) is 1. The van der Waals surface area contributed by atoms with E-state index in [9.17, 15) is 19.6 Å². The maximum atomic E-state index is 13.0. The monoisotopic (exact) mass is 511 g/mol. The Balaban J connectivity index is 1.98. The Kier molecular flexibility index (Phi) is 10.9. The van der Waals surface area contributed by atoms with Gasteiger partial charge in [-0.3, -0.25) is 4.79 Å². The SMILES string of the molecule is C=CCOC(=O)c1ccc(COC[C@@H](C#N)NC(=O)[C@H](Cc2cccc(C)c2)NC(=O)OC(C)(C)C)o1. The first-order valence-electron chi connectivity index (χ1n) is 11.7. The second-order valence-electron chi connectivity index (χ2n) is 9.25. The van der Waals surface area contributed by atoms with Crippen molar-refractivity contribution in [2.45, 2.75) is 58.4 Å². The first kappa shape index (κ1) is 29.1. The molecule has 37 heavy (non-hydrogen) atoms. The van der Waals surface area contributed by atoms with Gasteiger partial charge >= 0.3 is 12.1 Å². The molecule has 2 rings (SSSR count). The second-order valence-corrected chi connectivity index (χ2v) is 9.25. The van der Waals surface area contributed by atoms with Gasteiger partial charge < -0.3 is 29.3 Å². The molecule has 0 saturated heterocycles. The number of carbonyl (C=O) groups excluding carboxylic acids is 3. The van der Waals surface area contributed by atoms with E-state index >= 15 is 0 Å². The van der Waals surface area contributed by atoms with E-state index in [1.165, 1.54) is 12.1 Å². The smallest absolute Gasteiger partial charge is 0.408 e. The van der Waals surface area contributed by atoms with Crippen molar-refractivity contribution in [1.29, 1.82) is 5.26 Å². The van der Waals surface area contributed by atoms with E-state index < -0.39 is 35.7 Å². The minimum absolute atomic E-state index is 0.0118. The van der Waals surface area contributed by atoms with Crippen LogP contribution < -0.4 is 10.6 Å². The van der Waals surface area contributed by atoms with Gasteiger partial charge in [-0.2, -0.15) is 5.26 Å². The van der Waals surface area contributed by atoms with Gasteiger partial charge in [0.2, 0.25) is 11.7 Å². The van der Waals surface area contributed by atoms with Crippen LogP contribution in [0.1, 0.15) is 48.2 Å². The first-order chi connectivity index (χ1) is 17.5. The fraction of sp³-hybridized carbons (Fsp3) is 0.407. The van der Waals surface area contributed by atoms with Crippen LogP contribution in [0.15, 0.2) is 53.5 Å². The number of furan rings is 1. The Labute approximate surface area is 216 Å². The van der Waals surface area contributed by atoms with E-state index in [-0.39, 0.29) is 32.0 Å². The van der Waals surface area contributed by atoms with Gasteiger partial charge in [0.25, 0.3) is 0 Å². The molecular weight excluding hydrogens is 478 g/mol. The van der Waals surface area contributed by atoms with E-state index in [0.29, 0.717) is 5.76 Å². The molecule has 10 heteroatoms. The van der Waals surface area contributed by atoms with Crippen LogP contribution in [0, 0.1) is 18.3 Å². The molecule has 2 aromatic rings. The molecule has 198 valence electrons. The van der Waals surface area contributed by atoms with Crippen molar-refractivity contribution in [2.24, 2.45) is 0 Å². The Hall–Kier alpha value is -4.10. The van der Waals surface area contributed by atoms with Crippen molar-refractivity contribution in [3.63, 3.8) is 0 Å². The number of carbonyl (C=O) groups is 3. The highest BCUT2D eigenvalue weighted by molar-refractivity contribution is 5.87. The maximum absolute atomic E-state index is 13.0. The number of nitriles is 1. The van der Waals surface area contributed by atoms with Crippen LogP contribution in [0.4, 0.5) is 4.79 Å². The van der Waals surface area contributed by atoms with E-state index in [0.717, 1.165) is 11.1 Å². The number of hydrogen-bond acceptors (Lipinski definition) is 8. The second kappa shape index (κ2) is 13.8. The summed E-state index contributed by atoms with van der Waals surface area (Å²) in [6.45, 7) is 10.4. The third-order valence-corrected chi connectivity index (χ3v) is 4.73. The van der Waals surface area contributed by atoms with E-state index in [2.05, 4.69) is 17.2 Å². The zero-order valence-corrected chi connectivity index (χ0v) is 21.5. The number of esters is 1. The molecule has 0 saturated carbocycles. The summed E-state index contributed by atoms with van der Waals surface area (Å²) in [5.74, 6) is -0.839. The number of benzene rings is 1. The van der Waals surface area contributed by atoms with Crippen molar-refractivity contribution in [1.82, 2.24) is 10.6 Å². The standard InChI is InChI=1S/C27H33N3O7/c1-6-12-35-25(32)23-11-10-21(36-23)17-34-16-20(15-28)29-24(31)22(30-26(33)37-27(3,4)5)14-19-9-7-8-18(2)13-19/h6-11,13,20,22H,1,12,14,16-17H2,2-5H3,(H,29,31)(H,30,33)/t20-,22+/m1/s1. The molecule has 1 aromatic carbocycles. The molecular formula is C27H33N3O7. The summed E-state index contributed by atoms with van der Waals surface area (Å²) in [4.78, 5) is 37.2. The quantitative estimate of drug-likeness (QED) is 0.325. The fourth-order valence-corrected chi connectivity index (χ4v) is 3.17. The van der Waals surface area contributed by atoms with Crippen molar-refractivity contribution in [2.75, 3.05) is 13.2 Å². The van der Waals surface area contributed by atoms with Gasteiger partial charge in [-0.05, 0) is 45.4 Å². The lowest BCUT2D eigenvalue weighted by molar-refractivity contribution is -0.124. The van der Waals surface area contributed by atoms with E-state index in [1.54, 1.807) is 26.8 Å². The summed E-state index contributed by atoms with van der Waals surface area (Å²) in [7, 11) is 0. The van der Waals surface area contributed by atoms with Crippen LogP contribution in [0.3, 0.4) is 0 Å². The van der Waals surface area contributed by atoms with Crippen molar-refractivity contribution < 1.29 is 33.0 Å². The molecule has 1 aromatic heterocycles. The van der Waals surface area contributed by atoms with Crippen molar-refractivity contribution in [3.8, 4) is 6.07 Å². The first-order valence-corrected chi connectivity index (χ1v) is 11.7. The zero-order chi connectivity index (χ0) is 27.4. The lowest BCUT2D eigenvalue weighted by Gasteiger charge is -2.24. The molecule has 0 aliphatic carbocycles. The largest absolute Gasteiger partial charge is 0.456 e. The minimum atomic E-state index is -1.00. The summed E-state index contributed by atoms with van der Waals surface area (Å²) in [6.07, 6.45) is 0.892. The lowest BCUT2D eigenvalue weighted by Crippen LogP contribution is -2.52. The number of alkyl carbamates (subject to hydrolysis) is 1.